The fraction of sp³-hybridized carbons (Fsp3) is 0.316. The number of aromatic nitrogens is 4. The Kier molecular flexibility index (Phi) is 5.42. The number of rotatable bonds is 6. The Bertz CT molecular complexity index is 912. The van der Waals surface area contributed by atoms with Crippen molar-refractivity contribution in [2.45, 2.75) is 32.6 Å². The van der Waals surface area contributed by atoms with Crippen LogP contribution in [0.2, 0.25) is 5.02 Å². The van der Waals surface area contributed by atoms with Gasteiger partial charge in [0.25, 0.3) is 0 Å². The van der Waals surface area contributed by atoms with Crippen LogP contribution in [0.4, 0.5) is 5.69 Å². The van der Waals surface area contributed by atoms with Gasteiger partial charge in [-0.25, -0.2) is 4.68 Å². The fourth-order valence-corrected chi connectivity index (χ4v) is 3.08. The predicted molar refractivity (Wildman–Crippen MR) is 103 cm³/mol. The highest BCUT2D eigenvalue weighted by Crippen LogP contribution is 2.28. The van der Waals surface area contributed by atoms with Crippen LogP contribution in [0.15, 0.2) is 42.9 Å². The molecular formula is C19H22ClN5O. The van der Waals surface area contributed by atoms with E-state index < -0.39 is 0 Å². The van der Waals surface area contributed by atoms with Gasteiger partial charge in [0.2, 0.25) is 5.91 Å². The Morgan fingerprint density at radius 3 is 2.73 bits per heavy atom. The summed E-state index contributed by atoms with van der Waals surface area (Å²) in [5.41, 5.74) is 3.59. The van der Waals surface area contributed by atoms with Gasteiger partial charge in [0.05, 0.1) is 29.5 Å². The van der Waals surface area contributed by atoms with Gasteiger partial charge in [-0.2, -0.15) is 10.2 Å². The molecule has 26 heavy (non-hydrogen) atoms. The first kappa shape index (κ1) is 18.2. The number of carbonyl (C=O) groups is 1. The van der Waals surface area contributed by atoms with E-state index in [4.69, 9.17) is 11.6 Å². The predicted octanol–water partition coefficient (Wildman–Crippen LogP) is 3.95. The maximum absolute atomic E-state index is 12.4. The molecule has 0 aliphatic carbocycles. The van der Waals surface area contributed by atoms with Gasteiger partial charge in [-0.05, 0) is 36.1 Å². The number of halogens is 1. The smallest absolute Gasteiger partial charge is 0.224 e. The SMILES string of the molecule is CC(C)c1c(NC(=O)CCc2cnn(C)c2)cnn1-c1cccc(Cl)c1. The van der Waals surface area contributed by atoms with Crippen molar-refractivity contribution in [3.05, 3.63) is 59.1 Å². The molecule has 0 aliphatic heterocycles. The normalized spacial score (nSPS) is 11.1. The van der Waals surface area contributed by atoms with E-state index in [1.54, 1.807) is 17.1 Å². The van der Waals surface area contributed by atoms with Crippen LogP contribution < -0.4 is 5.32 Å². The van der Waals surface area contributed by atoms with Gasteiger partial charge in [0.1, 0.15) is 0 Å². The topological polar surface area (TPSA) is 64.7 Å². The molecule has 2 aromatic heterocycles. The zero-order valence-corrected chi connectivity index (χ0v) is 15.9. The number of benzene rings is 1. The van der Waals surface area contributed by atoms with Crippen molar-refractivity contribution in [2.75, 3.05) is 5.32 Å². The van der Waals surface area contributed by atoms with Crippen molar-refractivity contribution in [3.63, 3.8) is 0 Å². The van der Waals surface area contributed by atoms with Crippen molar-refractivity contribution in [3.8, 4) is 5.69 Å². The molecule has 0 fully saturated rings. The Morgan fingerprint density at radius 1 is 1.27 bits per heavy atom. The number of aryl methyl sites for hydroxylation is 2. The van der Waals surface area contributed by atoms with Crippen LogP contribution in [0.3, 0.4) is 0 Å². The van der Waals surface area contributed by atoms with E-state index in [2.05, 4.69) is 29.4 Å². The van der Waals surface area contributed by atoms with Gasteiger partial charge in [0, 0.05) is 24.7 Å². The molecule has 0 aliphatic rings. The number of carbonyl (C=O) groups excluding carboxylic acids is 1. The Morgan fingerprint density at radius 2 is 2.08 bits per heavy atom. The molecule has 136 valence electrons. The van der Waals surface area contributed by atoms with Crippen molar-refractivity contribution in [1.29, 1.82) is 0 Å². The van der Waals surface area contributed by atoms with Crippen molar-refractivity contribution < 1.29 is 4.79 Å². The van der Waals surface area contributed by atoms with Crippen LogP contribution in [0.5, 0.6) is 0 Å². The van der Waals surface area contributed by atoms with E-state index in [9.17, 15) is 4.79 Å². The lowest BCUT2D eigenvalue weighted by atomic mass is 10.1. The van der Waals surface area contributed by atoms with Crippen LogP contribution in [-0.2, 0) is 18.3 Å². The number of nitrogens with zero attached hydrogens (tertiary/aromatic N) is 4. The largest absolute Gasteiger partial charge is 0.323 e. The van der Waals surface area contributed by atoms with Gasteiger partial charge in [-0.3, -0.25) is 9.48 Å². The number of hydrogen-bond acceptors (Lipinski definition) is 3. The monoisotopic (exact) mass is 371 g/mol. The second-order valence-corrected chi connectivity index (χ2v) is 7.00. The molecular weight excluding hydrogens is 350 g/mol. The number of amides is 1. The van der Waals surface area contributed by atoms with Crippen molar-refractivity contribution in [1.82, 2.24) is 19.6 Å². The summed E-state index contributed by atoms with van der Waals surface area (Å²) in [5.74, 6) is 0.145. The maximum atomic E-state index is 12.4. The Balaban J connectivity index is 1.76. The molecule has 0 unspecified atom stereocenters. The second-order valence-electron chi connectivity index (χ2n) is 6.56. The quantitative estimate of drug-likeness (QED) is 0.713. The minimum atomic E-state index is -0.0404. The molecule has 1 aromatic carbocycles. The third-order valence-electron chi connectivity index (χ3n) is 4.08. The van der Waals surface area contributed by atoms with Gasteiger partial charge in [-0.1, -0.05) is 31.5 Å². The molecule has 0 saturated heterocycles. The molecule has 0 radical (unpaired) electrons. The molecule has 0 atom stereocenters. The number of nitrogens with one attached hydrogen (secondary N) is 1. The highest BCUT2D eigenvalue weighted by atomic mass is 35.5. The summed E-state index contributed by atoms with van der Waals surface area (Å²) in [6.45, 7) is 4.15. The van der Waals surface area contributed by atoms with Crippen molar-refractivity contribution in [2.24, 2.45) is 7.05 Å². The Hall–Kier alpha value is -2.60. The zero-order valence-electron chi connectivity index (χ0n) is 15.1. The van der Waals surface area contributed by atoms with Crippen LogP contribution in [0.1, 0.15) is 37.4 Å². The number of anilines is 1. The first-order valence-corrected chi connectivity index (χ1v) is 8.93. The third kappa shape index (κ3) is 4.14. The van der Waals surface area contributed by atoms with E-state index >= 15 is 0 Å². The standard InChI is InChI=1S/C19H22ClN5O/c1-13(2)19-17(11-22-25(19)16-6-4-5-15(20)9-16)23-18(26)8-7-14-10-21-24(3)12-14/h4-6,9-13H,7-8H2,1-3H3,(H,23,26). The van der Waals surface area contributed by atoms with E-state index in [1.165, 1.54) is 0 Å². The van der Waals surface area contributed by atoms with Gasteiger partial charge in [0.15, 0.2) is 0 Å². The molecule has 0 saturated carbocycles. The number of hydrogen-bond donors (Lipinski definition) is 1. The van der Waals surface area contributed by atoms with Crippen LogP contribution in [0, 0.1) is 0 Å². The molecule has 1 amide bonds. The lowest BCUT2D eigenvalue weighted by Gasteiger charge is -2.13. The Labute approximate surface area is 157 Å². The minimum Gasteiger partial charge on any atom is -0.323 e. The summed E-state index contributed by atoms with van der Waals surface area (Å²) in [6, 6.07) is 7.51. The minimum absolute atomic E-state index is 0.0404. The molecule has 7 heteroatoms. The van der Waals surface area contributed by atoms with Gasteiger partial charge in [-0.15, -0.1) is 0 Å². The molecule has 3 rings (SSSR count). The summed E-state index contributed by atoms with van der Waals surface area (Å²) in [6.07, 6.45) is 6.44. The first-order chi connectivity index (χ1) is 12.4. The molecule has 3 aromatic rings. The highest BCUT2D eigenvalue weighted by Gasteiger charge is 2.17. The average molecular weight is 372 g/mol. The molecule has 0 spiro atoms. The first-order valence-electron chi connectivity index (χ1n) is 8.55. The van der Waals surface area contributed by atoms with E-state index in [0.29, 0.717) is 17.9 Å². The van der Waals surface area contributed by atoms with Crippen LogP contribution in [-0.4, -0.2) is 25.5 Å². The van der Waals surface area contributed by atoms with E-state index in [-0.39, 0.29) is 11.8 Å². The molecule has 2 heterocycles. The summed E-state index contributed by atoms with van der Waals surface area (Å²) >= 11 is 6.10. The lowest BCUT2D eigenvalue weighted by molar-refractivity contribution is -0.116. The molecule has 0 bridgehead atoms. The van der Waals surface area contributed by atoms with Gasteiger partial charge < -0.3 is 5.32 Å². The van der Waals surface area contributed by atoms with Crippen molar-refractivity contribution >= 4 is 23.2 Å². The van der Waals surface area contributed by atoms with Crippen LogP contribution >= 0.6 is 11.6 Å². The average Bonchev–Trinajstić information content (AvgIpc) is 3.19. The second kappa shape index (κ2) is 7.74. The highest BCUT2D eigenvalue weighted by molar-refractivity contribution is 6.30. The van der Waals surface area contributed by atoms with E-state index in [0.717, 1.165) is 22.6 Å². The lowest BCUT2D eigenvalue weighted by Crippen LogP contribution is -2.14. The van der Waals surface area contributed by atoms with Crippen LogP contribution in [0.25, 0.3) is 5.69 Å². The fourth-order valence-electron chi connectivity index (χ4n) is 2.89. The summed E-state index contributed by atoms with van der Waals surface area (Å²) in [5, 5.41) is 12.2. The van der Waals surface area contributed by atoms with E-state index in [1.807, 2.05) is 42.2 Å². The maximum Gasteiger partial charge on any atom is 0.224 e. The summed E-state index contributed by atoms with van der Waals surface area (Å²) in [7, 11) is 1.86. The zero-order chi connectivity index (χ0) is 18.7. The molecule has 1 N–H and O–H groups in total. The summed E-state index contributed by atoms with van der Waals surface area (Å²) < 4.78 is 3.56. The third-order valence-corrected chi connectivity index (χ3v) is 4.31. The van der Waals surface area contributed by atoms with Gasteiger partial charge >= 0.3 is 0 Å². The molecule has 6 nitrogen and oxygen atoms in total. The summed E-state index contributed by atoms with van der Waals surface area (Å²) in [4.78, 5) is 12.4.